The molecule has 132 valence electrons. The van der Waals surface area contributed by atoms with Gasteiger partial charge in [0.1, 0.15) is 11.5 Å². The molecule has 0 unspecified atom stereocenters. The van der Waals surface area contributed by atoms with Gasteiger partial charge in [0, 0.05) is 12.8 Å². The van der Waals surface area contributed by atoms with Crippen LogP contribution in [0.3, 0.4) is 0 Å². The molecule has 0 saturated carbocycles. The molecule has 0 fully saturated rings. The van der Waals surface area contributed by atoms with E-state index in [1.54, 1.807) is 0 Å². The molecular weight excluding hydrogens is 284 g/mol. The summed E-state index contributed by atoms with van der Waals surface area (Å²) in [5.74, 6) is 1.92. The Morgan fingerprint density at radius 3 is 2.39 bits per heavy atom. The molecule has 1 rings (SSSR count). The van der Waals surface area contributed by atoms with Gasteiger partial charge in [0.05, 0.1) is 6.61 Å². The number of benzene rings is 1. The minimum Gasteiger partial charge on any atom is -0.493 e. The van der Waals surface area contributed by atoms with E-state index >= 15 is 0 Å². The molecule has 0 aromatic heterocycles. The zero-order valence-corrected chi connectivity index (χ0v) is 16.1. The molecule has 0 N–H and O–H groups in total. The maximum absolute atomic E-state index is 11.2. The number of rotatable bonds is 10. The first-order valence-electron chi connectivity index (χ1n) is 9.26. The molecule has 1 aromatic carbocycles. The van der Waals surface area contributed by atoms with Crippen molar-refractivity contribution in [3.63, 3.8) is 0 Å². The fraction of sp³-hybridized carbons (Fsp3) is 0.667. The largest absolute Gasteiger partial charge is 0.493 e. The lowest BCUT2D eigenvalue weighted by atomic mass is 10.0. The molecule has 0 spiro atoms. The topological polar surface area (TPSA) is 26.3 Å². The number of ether oxygens (including phenoxy) is 1. The van der Waals surface area contributed by atoms with Crippen LogP contribution in [-0.2, 0) is 11.2 Å². The van der Waals surface area contributed by atoms with E-state index in [1.807, 2.05) is 20.8 Å². The van der Waals surface area contributed by atoms with E-state index in [9.17, 15) is 4.79 Å². The van der Waals surface area contributed by atoms with Crippen LogP contribution in [0.2, 0.25) is 0 Å². The van der Waals surface area contributed by atoms with Gasteiger partial charge in [0.25, 0.3) is 0 Å². The van der Waals surface area contributed by atoms with Crippen LogP contribution >= 0.6 is 0 Å². The maximum atomic E-state index is 11.2. The highest BCUT2D eigenvalue weighted by molar-refractivity contribution is 5.77. The quantitative estimate of drug-likeness (QED) is 0.484. The molecule has 2 nitrogen and oxygen atoms in total. The standard InChI is InChI=1S/C19H30O2.C2H6/c1-5-18(20)10-8-6-7-9-17-11-16(4)12-19(13-17)21-14-15(2)3;1-2/h11-13,15H,5-10,14H2,1-4H3;1-2H3. The van der Waals surface area contributed by atoms with Gasteiger partial charge in [-0.1, -0.05) is 47.1 Å². The van der Waals surface area contributed by atoms with E-state index in [0.29, 0.717) is 18.1 Å². The first-order valence-corrected chi connectivity index (χ1v) is 9.26. The summed E-state index contributed by atoms with van der Waals surface area (Å²) < 4.78 is 5.82. The van der Waals surface area contributed by atoms with Gasteiger partial charge in [-0.15, -0.1) is 0 Å². The Hall–Kier alpha value is -1.31. The summed E-state index contributed by atoms with van der Waals surface area (Å²) in [6.45, 7) is 13.1. The van der Waals surface area contributed by atoms with Crippen LogP contribution in [0.15, 0.2) is 18.2 Å². The molecule has 2 heteroatoms. The summed E-state index contributed by atoms with van der Waals surface area (Å²) in [5, 5.41) is 0. The molecule has 0 atom stereocenters. The molecule has 0 bridgehead atoms. The van der Waals surface area contributed by atoms with E-state index in [1.165, 1.54) is 11.1 Å². The molecular formula is C21H36O2. The van der Waals surface area contributed by atoms with Crippen LogP contribution in [0.1, 0.15) is 77.8 Å². The number of hydrogen-bond donors (Lipinski definition) is 0. The summed E-state index contributed by atoms with van der Waals surface area (Å²) in [7, 11) is 0. The van der Waals surface area contributed by atoms with E-state index in [0.717, 1.165) is 44.5 Å². The Morgan fingerprint density at radius 1 is 1.09 bits per heavy atom. The number of aryl methyl sites for hydroxylation is 2. The Balaban J connectivity index is 0.00000232. The third-order valence-electron chi connectivity index (χ3n) is 3.51. The fourth-order valence-electron chi connectivity index (χ4n) is 2.32. The molecule has 23 heavy (non-hydrogen) atoms. The van der Waals surface area contributed by atoms with Gasteiger partial charge in [-0.05, 0) is 55.4 Å². The Bertz CT molecular complexity index is 435. The molecule has 0 aliphatic heterocycles. The second-order valence-corrected chi connectivity index (χ2v) is 6.31. The molecule has 0 aliphatic carbocycles. The minimum absolute atomic E-state index is 0.384. The molecule has 0 saturated heterocycles. The van der Waals surface area contributed by atoms with Crippen LogP contribution < -0.4 is 4.74 Å². The van der Waals surface area contributed by atoms with Crippen molar-refractivity contribution < 1.29 is 9.53 Å². The summed E-state index contributed by atoms with van der Waals surface area (Å²) in [4.78, 5) is 11.2. The fourth-order valence-corrected chi connectivity index (χ4v) is 2.32. The van der Waals surface area contributed by atoms with Crippen LogP contribution in [0.5, 0.6) is 5.75 Å². The molecule has 0 aliphatic rings. The third kappa shape index (κ3) is 11.0. The number of Topliss-reactive ketones (excluding diaryl/α,β-unsaturated/α-hetero) is 1. The van der Waals surface area contributed by atoms with Crippen molar-refractivity contribution in [1.82, 2.24) is 0 Å². The van der Waals surface area contributed by atoms with Crippen molar-refractivity contribution in [3.8, 4) is 5.75 Å². The summed E-state index contributed by atoms with van der Waals surface area (Å²) in [5.41, 5.74) is 2.60. The van der Waals surface area contributed by atoms with Gasteiger partial charge >= 0.3 is 0 Å². The smallest absolute Gasteiger partial charge is 0.132 e. The Kier molecular flexibility index (Phi) is 12.4. The maximum Gasteiger partial charge on any atom is 0.132 e. The lowest BCUT2D eigenvalue weighted by molar-refractivity contribution is -0.118. The van der Waals surface area contributed by atoms with E-state index in [2.05, 4.69) is 39.0 Å². The predicted octanol–water partition coefficient (Wildman–Crippen LogP) is 6.14. The van der Waals surface area contributed by atoms with Gasteiger partial charge in [-0.3, -0.25) is 4.79 Å². The van der Waals surface area contributed by atoms with Gasteiger partial charge in [-0.25, -0.2) is 0 Å². The normalized spacial score (nSPS) is 10.2. The first-order chi connectivity index (χ1) is 11.0. The van der Waals surface area contributed by atoms with Crippen LogP contribution in [-0.4, -0.2) is 12.4 Å². The summed E-state index contributed by atoms with van der Waals surface area (Å²) >= 11 is 0. The van der Waals surface area contributed by atoms with Gasteiger partial charge < -0.3 is 4.74 Å². The molecule has 0 radical (unpaired) electrons. The minimum atomic E-state index is 0.384. The SMILES string of the molecule is CC.CCC(=O)CCCCCc1cc(C)cc(OCC(C)C)c1. The Labute approximate surface area is 143 Å². The van der Waals surface area contributed by atoms with Crippen LogP contribution in [0, 0.1) is 12.8 Å². The molecule has 0 amide bonds. The van der Waals surface area contributed by atoms with Crippen molar-refractivity contribution in [3.05, 3.63) is 29.3 Å². The van der Waals surface area contributed by atoms with Crippen molar-refractivity contribution in [1.29, 1.82) is 0 Å². The number of unbranched alkanes of at least 4 members (excludes halogenated alkanes) is 2. The van der Waals surface area contributed by atoms with Crippen molar-refractivity contribution >= 4 is 5.78 Å². The number of carbonyl (C=O) groups is 1. The van der Waals surface area contributed by atoms with E-state index < -0.39 is 0 Å². The zero-order chi connectivity index (χ0) is 17.7. The number of hydrogen-bond acceptors (Lipinski definition) is 2. The van der Waals surface area contributed by atoms with Crippen molar-refractivity contribution in [2.24, 2.45) is 5.92 Å². The highest BCUT2D eigenvalue weighted by Crippen LogP contribution is 2.19. The second-order valence-electron chi connectivity index (χ2n) is 6.31. The van der Waals surface area contributed by atoms with E-state index in [4.69, 9.17) is 4.74 Å². The zero-order valence-electron chi connectivity index (χ0n) is 16.1. The monoisotopic (exact) mass is 320 g/mol. The third-order valence-corrected chi connectivity index (χ3v) is 3.51. The van der Waals surface area contributed by atoms with E-state index in [-0.39, 0.29) is 0 Å². The average molecular weight is 321 g/mol. The average Bonchev–Trinajstić information content (AvgIpc) is 2.53. The first kappa shape index (κ1) is 21.7. The molecule has 0 heterocycles. The highest BCUT2D eigenvalue weighted by atomic mass is 16.5. The van der Waals surface area contributed by atoms with Crippen LogP contribution in [0.4, 0.5) is 0 Å². The summed E-state index contributed by atoms with van der Waals surface area (Å²) in [6, 6.07) is 6.50. The van der Waals surface area contributed by atoms with Gasteiger partial charge in [0.2, 0.25) is 0 Å². The molecule has 1 aromatic rings. The Morgan fingerprint density at radius 2 is 1.78 bits per heavy atom. The lowest BCUT2D eigenvalue weighted by Gasteiger charge is -2.11. The number of ketones is 1. The summed E-state index contributed by atoms with van der Waals surface area (Å²) in [6.07, 6.45) is 5.78. The van der Waals surface area contributed by atoms with Gasteiger partial charge in [-0.2, -0.15) is 0 Å². The number of carbonyl (C=O) groups excluding carboxylic acids is 1. The predicted molar refractivity (Wildman–Crippen MR) is 100 cm³/mol. The van der Waals surface area contributed by atoms with Crippen molar-refractivity contribution in [2.75, 3.05) is 6.61 Å². The highest BCUT2D eigenvalue weighted by Gasteiger charge is 2.03. The second kappa shape index (κ2) is 13.2. The van der Waals surface area contributed by atoms with Crippen molar-refractivity contribution in [2.45, 2.75) is 80.1 Å². The van der Waals surface area contributed by atoms with Gasteiger partial charge in [0.15, 0.2) is 0 Å². The lowest BCUT2D eigenvalue weighted by Crippen LogP contribution is -2.05. The van der Waals surface area contributed by atoms with Crippen LogP contribution in [0.25, 0.3) is 0 Å².